The SMILES string of the molecule is Cc1ccc2c(c1)-c1cc(C)ccc1C2(c1[c-]c(C2(c3cc(C(C)(C)C)ccn3)c3ccc(C)cc3-c3cc(C)ccc32)ccc1)c1[c-]c(C2(N3C=CN(C)[CH-]3)c3ccc(C)cc3-c3cc(C)ccc32)ccc1.[Pt]. The zero-order valence-corrected chi connectivity index (χ0v) is 46.3. The molecule has 9 aromatic rings. The molecule has 8 aromatic carbocycles. The summed E-state index contributed by atoms with van der Waals surface area (Å²) in [7, 11) is 2.12. The maximum atomic E-state index is 5.43. The molecule has 0 spiro atoms. The molecule has 4 heteroatoms. The predicted octanol–water partition coefficient (Wildman–Crippen LogP) is 15.7. The second-order valence-corrected chi connectivity index (χ2v) is 22.6. The normalized spacial score (nSPS) is 15.8. The van der Waals surface area contributed by atoms with Crippen molar-refractivity contribution in [1.29, 1.82) is 0 Å². The summed E-state index contributed by atoms with van der Waals surface area (Å²) in [6.07, 6.45) is 6.42. The number of fused-ring (bicyclic) bond motifs is 9. The van der Waals surface area contributed by atoms with Crippen LogP contribution < -0.4 is 0 Å². The van der Waals surface area contributed by atoms with Crippen LogP contribution in [0.1, 0.15) is 121 Å². The van der Waals surface area contributed by atoms with Crippen LogP contribution >= 0.6 is 0 Å². The number of nitrogens with zero attached hydrogens (tertiary/aromatic N) is 3. The summed E-state index contributed by atoms with van der Waals surface area (Å²) in [5, 5.41) is 0. The third-order valence-electron chi connectivity index (χ3n) is 16.7. The second kappa shape index (κ2) is 17.0. The van der Waals surface area contributed by atoms with E-state index in [2.05, 4.69) is 268 Å². The first-order valence-corrected chi connectivity index (χ1v) is 25.9. The number of pyridine rings is 1. The Kier molecular flexibility index (Phi) is 11.0. The molecule has 0 amide bonds. The van der Waals surface area contributed by atoms with E-state index in [9.17, 15) is 0 Å². The van der Waals surface area contributed by atoms with Crippen molar-refractivity contribution in [2.24, 2.45) is 0 Å². The Hall–Kier alpha value is -7.06. The van der Waals surface area contributed by atoms with Crippen molar-refractivity contribution in [3.63, 3.8) is 0 Å². The summed E-state index contributed by atoms with van der Waals surface area (Å²) in [4.78, 5) is 10.0. The molecule has 3 nitrogen and oxygen atoms in total. The van der Waals surface area contributed by atoms with Gasteiger partial charge in [-0.2, -0.15) is 55.2 Å². The van der Waals surface area contributed by atoms with Gasteiger partial charge in [0.05, 0.1) is 16.6 Å². The quantitative estimate of drug-likeness (QED) is 0.155. The van der Waals surface area contributed by atoms with Gasteiger partial charge < -0.3 is 9.80 Å². The summed E-state index contributed by atoms with van der Waals surface area (Å²) in [5.74, 6) is 0. The zero-order chi connectivity index (χ0) is 50.3. The zero-order valence-electron chi connectivity index (χ0n) is 44.0. The van der Waals surface area contributed by atoms with Gasteiger partial charge in [-0.15, -0.1) is 22.3 Å². The van der Waals surface area contributed by atoms with Gasteiger partial charge >= 0.3 is 0 Å². The van der Waals surface area contributed by atoms with Gasteiger partial charge in [0.2, 0.25) is 0 Å². The fraction of sp³-hybridized carbons (Fsp3) is 0.200. The van der Waals surface area contributed by atoms with E-state index < -0.39 is 16.4 Å². The standard InChI is InChI=1S/C70H60N3.Pt/c1-43-17-23-60-54(33-43)55-34-44(2)18-24-61(55)68(60,51-14-12-16-53(40-51)70(73-32-31-72(10)42-73)64-27-21-47(5)37-58(64)59-38-48(6)22-28-65(59)70)50-13-11-15-52(39-50)69(66-41-49(29-30-71-66)67(7,8)9)62-25-19-45(3)35-56(62)57-36-46(4)20-26-63(57)69;/h11-38,41-42H,1-10H3;/q-3;. The molecule has 0 N–H and O–H groups in total. The van der Waals surface area contributed by atoms with Crippen molar-refractivity contribution in [2.45, 2.75) is 84.1 Å². The van der Waals surface area contributed by atoms with Gasteiger partial charge in [0.25, 0.3) is 0 Å². The maximum Gasteiger partial charge on any atom is 0.0686 e. The average Bonchev–Trinajstić information content (AvgIpc) is 4.14. The van der Waals surface area contributed by atoms with Crippen LogP contribution in [0.25, 0.3) is 33.4 Å². The summed E-state index contributed by atoms with van der Waals surface area (Å²) in [6, 6.07) is 69.5. The van der Waals surface area contributed by atoms with Crippen LogP contribution in [0.5, 0.6) is 0 Å². The first kappa shape index (κ1) is 47.9. The molecule has 3 aliphatic carbocycles. The molecule has 368 valence electrons. The van der Waals surface area contributed by atoms with E-state index in [4.69, 9.17) is 4.98 Å². The Bertz CT molecular complexity index is 3670. The molecule has 0 saturated carbocycles. The van der Waals surface area contributed by atoms with Crippen LogP contribution in [0.15, 0.2) is 176 Å². The van der Waals surface area contributed by atoms with E-state index in [-0.39, 0.29) is 26.5 Å². The largest absolute Gasteiger partial charge is 0.511 e. The van der Waals surface area contributed by atoms with Crippen molar-refractivity contribution in [3.8, 4) is 33.4 Å². The second-order valence-electron chi connectivity index (χ2n) is 22.6. The van der Waals surface area contributed by atoms with Crippen LogP contribution in [-0.4, -0.2) is 21.8 Å². The van der Waals surface area contributed by atoms with E-state index in [1.807, 2.05) is 6.20 Å². The Labute approximate surface area is 453 Å². The summed E-state index contributed by atoms with van der Waals surface area (Å²) in [6.45, 7) is 22.4. The van der Waals surface area contributed by atoms with E-state index in [0.717, 1.165) is 27.9 Å². The van der Waals surface area contributed by atoms with Crippen molar-refractivity contribution in [3.05, 3.63) is 295 Å². The van der Waals surface area contributed by atoms with Crippen LogP contribution in [0.4, 0.5) is 0 Å². The van der Waals surface area contributed by atoms with Crippen molar-refractivity contribution in [2.75, 3.05) is 7.05 Å². The maximum absolute atomic E-state index is 5.43. The van der Waals surface area contributed by atoms with Gasteiger partial charge in [0.1, 0.15) is 0 Å². The fourth-order valence-electron chi connectivity index (χ4n) is 13.4. The van der Waals surface area contributed by atoms with Crippen molar-refractivity contribution >= 4 is 0 Å². The van der Waals surface area contributed by atoms with Gasteiger partial charge in [-0.25, -0.2) is 0 Å². The van der Waals surface area contributed by atoms with E-state index in [0.29, 0.717) is 0 Å². The number of hydrogen-bond donors (Lipinski definition) is 0. The first-order valence-electron chi connectivity index (χ1n) is 25.9. The summed E-state index contributed by atoms with van der Waals surface area (Å²) in [5.41, 5.74) is 26.6. The Morgan fingerprint density at radius 1 is 0.432 bits per heavy atom. The third kappa shape index (κ3) is 6.64. The number of rotatable bonds is 6. The van der Waals surface area contributed by atoms with Crippen LogP contribution in [0.3, 0.4) is 0 Å². The van der Waals surface area contributed by atoms with Gasteiger partial charge in [-0.05, 0) is 151 Å². The molecule has 0 unspecified atom stereocenters. The minimum absolute atomic E-state index is 0. The summed E-state index contributed by atoms with van der Waals surface area (Å²) >= 11 is 0. The number of aryl methyl sites for hydroxylation is 6. The fourth-order valence-corrected chi connectivity index (χ4v) is 13.4. The Morgan fingerprint density at radius 2 is 0.797 bits per heavy atom. The average molecular weight is 1140 g/mol. The van der Waals surface area contributed by atoms with Gasteiger partial charge in [-0.1, -0.05) is 163 Å². The molecule has 0 bridgehead atoms. The van der Waals surface area contributed by atoms with E-state index in [1.165, 1.54) is 106 Å². The molecule has 74 heavy (non-hydrogen) atoms. The minimum atomic E-state index is -0.821. The van der Waals surface area contributed by atoms with Gasteiger partial charge in [0.15, 0.2) is 0 Å². The molecule has 4 aliphatic rings. The van der Waals surface area contributed by atoms with Crippen molar-refractivity contribution < 1.29 is 21.1 Å². The molecule has 0 saturated heterocycles. The summed E-state index contributed by atoms with van der Waals surface area (Å²) < 4.78 is 0. The Balaban J connectivity index is 0.00000556. The Morgan fingerprint density at radius 3 is 1.20 bits per heavy atom. The van der Waals surface area contributed by atoms with E-state index in [1.54, 1.807) is 0 Å². The van der Waals surface area contributed by atoms with E-state index >= 15 is 0 Å². The third-order valence-corrected chi connectivity index (χ3v) is 16.7. The van der Waals surface area contributed by atoms with Crippen LogP contribution in [0.2, 0.25) is 0 Å². The van der Waals surface area contributed by atoms with Crippen LogP contribution in [0, 0.1) is 60.3 Å². The van der Waals surface area contributed by atoms with Crippen LogP contribution in [-0.2, 0) is 42.8 Å². The monoisotopic (exact) mass is 1140 g/mol. The van der Waals surface area contributed by atoms with Crippen molar-refractivity contribution in [1.82, 2.24) is 14.8 Å². The molecule has 0 atom stereocenters. The first-order chi connectivity index (χ1) is 35.1. The van der Waals surface area contributed by atoms with Gasteiger partial charge in [0, 0.05) is 32.7 Å². The topological polar surface area (TPSA) is 19.4 Å². The minimum Gasteiger partial charge on any atom is -0.511 e. The molecule has 1 aliphatic heterocycles. The molecule has 2 heterocycles. The number of benzene rings is 8. The molecular weight excluding hydrogens is 1080 g/mol. The molecule has 0 fully saturated rings. The predicted molar refractivity (Wildman–Crippen MR) is 298 cm³/mol. The molecule has 0 radical (unpaired) electrons. The number of aromatic nitrogens is 1. The smallest absolute Gasteiger partial charge is 0.0686 e. The number of hydrogen-bond acceptors (Lipinski definition) is 3. The molecular formula is C70H60N3Pt-3. The molecule has 1 aromatic heterocycles. The molecule has 13 rings (SSSR count). The van der Waals surface area contributed by atoms with Gasteiger partial charge in [-0.3, -0.25) is 4.98 Å².